The molecule has 0 saturated heterocycles. The van der Waals surface area contributed by atoms with Crippen LogP contribution in [0.4, 0.5) is 17.1 Å². The first kappa shape index (κ1) is 20.5. The van der Waals surface area contributed by atoms with Gasteiger partial charge in [0.15, 0.2) is 0 Å². The van der Waals surface area contributed by atoms with Gasteiger partial charge in [-0.25, -0.2) is 0 Å². The fourth-order valence-electron chi connectivity index (χ4n) is 3.14. The fourth-order valence-corrected chi connectivity index (χ4v) is 3.14. The number of anilines is 3. The zero-order chi connectivity index (χ0) is 21.0. The maximum absolute atomic E-state index is 10.7. The van der Waals surface area contributed by atoms with Gasteiger partial charge in [-0.3, -0.25) is 0 Å². The third-order valence-electron chi connectivity index (χ3n) is 4.94. The van der Waals surface area contributed by atoms with Crippen LogP contribution in [0.15, 0.2) is 73.3 Å². The minimum atomic E-state index is -0.00257. The Morgan fingerprint density at radius 3 is 2.07 bits per heavy atom. The zero-order valence-electron chi connectivity index (χ0n) is 17.7. The molecule has 3 rings (SSSR count). The van der Waals surface area contributed by atoms with Crippen molar-refractivity contribution < 1.29 is 5.11 Å². The highest BCUT2D eigenvalue weighted by atomic mass is 16.3. The maximum Gasteiger partial charge on any atom is 0.128 e. The average molecular weight is 387 g/mol. The van der Waals surface area contributed by atoms with E-state index in [2.05, 4.69) is 44.1 Å². The summed E-state index contributed by atoms with van der Waals surface area (Å²) in [6, 6.07) is 22.4. The number of aromatic hydroxyl groups is 1. The van der Waals surface area contributed by atoms with Crippen molar-refractivity contribution in [3.63, 3.8) is 0 Å². The number of rotatable bonds is 6. The van der Waals surface area contributed by atoms with Crippen LogP contribution >= 0.6 is 0 Å². The lowest BCUT2D eigenvalue weighted by Gasteiger charge is -2.23. The van der Waals surface area contributed by atoms with E-state index < -0.39 is 0 Å². The third-order valence-corrected chi connectivity index (χ3v) is 4.94. The van der Waals surface area contributed by atoms with Crippen molar-refractivity contribution in [2.75, 3.05) is 10.6 Å². The number of nitrogens with one attached hydrogen (secondary N) is 2. The first-order valence-corrected chi connectivity index (χ1v) is 9.92. The Morgan fingerprint density at radius 2 is 1.48 bits per heavy atom. The van der Waals surface area contributed by atoms with Crippen molar-refractivity contribution in [3.05, 3.63) is 90.0 Å². The molecule has 0 radical (unpaired) electrons. The van der Waals surface area contributed by atoms with Crippen molar-refractivity contribution in [2.45, 2.75) is 39.7 Å². The van der Waals surface area contributed by atoms with E-state index in [1.54, 1.807) is 0 Å². The second-order valence-electron chi connectivity index (χ2n) is 8.48. The van der Waals surface area contributed by atoms with E-state index in [-0.39, 0.29) is 5.41 Å². The molecular formula is C26H30N2O. The van der Waals surface area contributed by atoms with Gasteiger partial charge in [0.2, 0.25) is 0 Å². The maximum atomic E-state index is 10.7. The largest absolute Gasteiger partial charge is 0.507 e. The van der Waals surface area contributed by atoms with E-state index in [1.165, 1.54) is 5.56 Å². The lowest BCUT2D eigenvalue weighted by Crippen LogP contribution is -2.13. The molecule has 0 aliphatic rings. The Morgan fingerprint density at radius 1 is 0.897 bits per heavy atom. The summed E-state index contributed by atoms with van der Waals surface area (Å²) in [5.41, 5.74) is 6.84. The van der Waals surface area contributed by atoms with E-state index >= 15 is 0 Å². The molecule has 3 N–H and O–H groups in total. The second-order valence-corrected chi connectivity index (χ2v) is 8.48. The number of para-hydroxylation sites is 1. The molecule has 29 heavy (non-hydrogen) atoms. The molecule has 0 amide bonds. The van der Waals surface area contributed by atoms with Gasteiger partial charge >= 0.3 is 0 Å². The molecule has 0 spiro atoms. The summed E-state index contributed by atoms with van der Waals surface area (Å²) in [5.74, 6) is 0.306. The normalized spacial score (nSPS) is 11.2. The molecule has 3 heteroatoms. The van der Waals surface area contributed by atoms with Gasteiger partial charge in [-0.15, -0.1) is 0 Å². The Balaban J connectivity index is 1.75. The van der Waals surface area contributed by atoms with Gasteiger partial charge in [-0.2, -0.15) is 0 Å². The molecule has 0 atom stereocenters. The van der Waals surface area contributed by atoms with Crippen LogP contribution in [0.5, 0.6) is 5.75 Å². The Bertz CT molecular complexity index is 984. The van der Waals surface area contributed by atoms with Gasteiger partial charge in [-0.1, -0.05) is 45.5 Å². The van der Waals surface area contributed by atoms with Crippen LogP contribution in [0.2, 0.25) is 0 Å². The second kappa shape index (κ2) is 8.44. The van der Waals surface area contributed by atoms with Gasteiger partial charge < -0.3 is 15.7 Å². The van der Waals surface area contributed by atoms with Crippen LogP contribution in [0.3, 0.4) is 0 Å². The van der Waals surface area contributed by atoms with Gasteiger partial charge in [0.05, 0.1) is 0 Å². The predicted octanol–water partition coefficient (Wildman–Crippen LogP) is 7.08. The molecule has 150 valence electrons. The van der Waals surface area contributed by atoms with Crippen molar-refractivity contribution in [2.24, 2.45) is 0 Å². The molecule has 0 fully saturated rings. The summed E-state index contributed by atoms with van der Waals surface area (Å²) in [6.07, 6.45) is 0. The smallest absolute Gasteiger partial charge is 0.128 e. The first-order chi connectivity index (χ1) is 13.7. The number of hydrogen-bond acceptors (Lipinski definition) is 3. The van der Waals surface area contributed by atoms with E-state index in [0.717, 1.165) is 33.8 Å². The average Bonchev–Trinajstić information content (AvgIpc) is 2.68. The minimum absolute atomic E-state index is 0.00257. The standard InChI is InChI=1S/C26H30N2O/c1-18(2)24-16-20(26(3,4)5)15-19(25(24)29)17-27-21-11-13-23(14-12-21)28-22-9-7-6-8-10-22/h6-16,27-29H,1,17H2,2-5H3. The molecule has 0 bridgehead atoms. The fraction of sp³-hybridized carbons (Fsp3) is 0.231. The van der Waals surface area contributed by atoms with Crippen LogP contribution < -0.4 is 10.6 Å². The summed E-state index contributed by atoms with van der Waals surface area (Å²) >= 11 is 0. The molecule has 3 aromatic carbocycles. The highest BCUT2D eigenvalue weighted by Gasteiger charge is 2.19. The molecule has 3 nitrogen and oxygen atoms in total. The van der Waals surface area contributed by atoms with E-state index in [1.807, 2.05) is 67.6 Å². The van der Waals surface area contributed by atoms with E-state index in [0.29, 0.717) is 12.3 Å². The summed E-state index contributed by atoms with van der Waals surface area (Å²) in [6.45, 7) is 13.0. The van der Waals surface area contributed by atoms with Gasteiger partial charge in [0, 0.05) is 34.7 Å². The van der Waals surface area contributed by atoms with Crippen molar-refractivity contribution in [1.82, 2.24) is 0 Å². The topological polar surface area (TPSA) is 44.3 Å². The van der Waals surface area contributed by atoms with Gasteiger partial charge in [-0.05, 0) is 72.0 Å². The van der Waals surface area contributed by atoms with Crippen LogP contribution in [0, 0.1) is 0 Å². The summed E-state index contributed by atoms with van der Waals surface area (Å²) in [4.78, 5) is 0. The van der Waals surface area contributed by atoms with Gasteiger partial charge in [0.1, 0.15) is 5.75 Å². The van der Waals surface area contributed by atoms with E-state index in [4.69, 9.17) is 0 Å². The highest BCUT2D eigenvalue weighted by molar-refractivity contribution is 5.70. The Labute approximate surface area is 174 Å². The van der Waals surface area contributed by atoms with Gasteiger partial charge in [0.25, 0.3) is 0 Å². The third kappa shape index (κ3) is 5.20. The Kier molecular flexibility index (Phi) is 5.97. The first-order valence-electron chi connectivity index (χ1n) is 9.92. The molecule has 0 heterocycles. The number of allylic oxidation sites excluding steroid dienone is 1. The number of phenolic OH excluding ortho intramolecular Hbond substituents is 1. The van der Waals surface area contributed by atoms with Crippen molar-refractivity contribution in [1.29, 1.82) is 0 Å². The zero-order valence-corrected chi connectivity index (χ0v) is 17.7. The SMILES string of the molecule is C=C(C)c1cc(C(C)(C)C)cc(CNc2ccc(Nc3ccccc3)cc2)c1O. The molecule has 0 saturated carbocycles. The molecule has 0 aliphatic carbocycles. The van der Waals surface area contributed by atoms with Crippen LogP contribution in [-0.2, 0) is 12.0 Å². The molecule has 0 aliphatic heterocycles. The summed E-state index contributed by atoms with van der Waals surface area (Å²) in [5, 5.41) is 17.5. The van der Waals surface area contributed by atoms with Crippen molar-refractivity contribution in [3.8, 4) is 5.75 Å². The number of benzene rings is 3. The number of hydrogen-bond donors (Lipinski definition) is 3. The summed E-state index contributed by atoms with van der Waals surface area (Å²) in [7, 11) is 0. The predicted molar refractivity (Wildman–Crippen MR) is 125 cm³/mol. The molecule has 0 aromatic heterocycles. The minimum Gasteiger partial charge on any atom is -0.507 e. The van der Waals surface area contributed by atoms with Crippen LogP contribution in [-0.4, -0.2) is 5.11 Å². The van der Waals surface area contributed by atoms with Crippen LogP contribution in [0.1, 0.15) is 44.4 Å². The Hall–Kier alpha value is -3.20. The molecular weight excluding hydrogens is 356 g/mol. The lowest BCUT2D eigenvalue weighted by atomic mass is 9.84. The monoisotopic (exact) mass is 386 g/mol. The summed E-state index contributed by atoms with van der Waals surface area (Å²) < 4.78 is 0. The highest BCUT2D eigenvalue weighted by Crippen LogP contribution is 2.34. The molecule has 3 aromatic rings. The van der Waals surface area contributed by atoms with Crippen molar-refractivity contribution >= 4 is 22.6 Å². The lowest BCUT2D eigenvalue weighted by molar-refractivity contribution is 0.466. The number of phenols is 1. The molecule has 0 unspecified atom stereocenters. The quantitative estimate of drug-likeness (QED) is 0.424. The van der Waals surface area contributed by atoms with E-state index in [9.17, 15) is 5.11 Å². The van der Waals surface area contributed by atoms with Crippen LogP contribution in [0.25, 0.3) is 5.57 Å².